The van der Waals surface area contributed by atoms with E-state index >= 15 is 0 Å². The van der Waals surface area contributed by atoms with E-state index in [1.165, 1.54) is 11.3 Å². The first-order valence-electron chi connectivity index (χ1n) is 8.80. The monoisotopic (exact) mass is 413 g/mol. The Bertz CT molecular complexity index is 1020. The van der Waals surface area contributed by atoms with E-state index in [1.54, 1.807) is 28.4 Å². The minimum absolute atomic E-state index is 0.657. The predicted octanol–water partition coefficient (Wildman–Crippen LogP) is 4.68. The number of nitrogens with zero attached hydrogens (tertiary/aromatic N) is 2. The Hall–Kier alpha value is -3.26. The van der Waals surface area contributed by atoms with Crippen LogP contribution in [0.1, 0.15) is 12.5 Å². The number of nitrogens with one attached hydrogen (secondary N) is 1. The molecule has 0 aliphatic heterocycles. The molecule has 3 rings (SSSR count). The average molecular weight is 413 g/mol. The van der Waals surface area contributed by atoms with Gasteiger partial charge in [0.05, 0.1) is 39.8 Å². The molecule has 0 amide bonds. The van der Waals surface area contributed by atoms with Crippen molar-refractivity contribution in [2.75, 3.05) is 33.9 Å². The number of ether oxygens (including phenoxy) is 4. The fourth-order valence-corrected chi connectivity index (χ4v) is 3.37. The van der Waals surface area contributed by atoms with Crippen LogP contribution < -0.4 is 24.4 Å². The van der Waals surface area contributed by atoms with Gasteiger partial charge in [-0.2, -0.15) is 5.10 Å². The van der Waals surface area contributed by atoms with Gasteiger partial charge in [-0.25, -0.2) is 4.98 Å². The van der Waals surface area contributed by atoms with Crippen molar-refractivity contribution in [2.45, 2.75) is 6.92 Å². The molecule has 0 bridgehead atoms. The van der Waals surface area contributed by atoms with Crippen LogP contribution in [0.5, 0.6) is 23.0 Å². The van der Waals surface area contributed by atoms with E-state index in [0.717, 1.165) is 22.5 Å². The van der Waals surface area contributed by atoms with Crippen LogP contribution in [-0.4, -0.2) is 39.1 Å². The molecule has 8 heteroatoms. The van der Waals surface area contributed by atoms with Gasteiger partial charge in [-0.15, -0.1) is 11.3 Å². The third-order valence-corrected chi connectivity index (χ3v) is 5.05. The molecule has 0 atom stereocenters. The van der Waals surface area contributed by atoms with E-state index in [1.807, 2.05) is 48.7 Å². The summed E-state index contributed by atoms with van der Waals surface area (Å²) in [6, 6.07) is 11.4. The number of anilines is 1. The summed E-state index contributed by atoms with van der Waals surface area (Å²) >= 11 is 1.47. The Labute approximate surface area is 173 Å². The standard InChI is InChI=1S/C21H23N3O4S/c1-13(14-6-8-17(25-2)19(10-14)27-4)23-24-21-22-16(12-29-21)15-7-9-18(26-3)20(11-15)28-5/h6-12H,1-5H3,(H,22,24)/b23-13+. The van der Waals surface area contributed by atoms with Gasteiger partial charge in [0.15, 0.2) is 23.0 Å². The van der Waals surface area contributed by atoms with Gasteiger partial charge in [0.2, 0.25) is 5.13 Å². The van der Waals surface area contributed by atoms with Crippen LogP contribution in [0.3, 0.4) is 0 Å². The van der Waals surface area contributed by atoms with E-state index in [0.29, 0.717) is 28.1 Å². The van der Waals surface area contributed by atoms with Crippen LogP contribution in [0.2, 0.25) is 0 Å². The normalized spacial score (nSPS) is 11.1. The molecule has 0 fully saturated rings. The molecule has 1 N–H and O–H groups in total. The molecule has 1 aromatic heterocycles. The number of aromatic nitrogens is 1. The lowest BCUT2D eigenvalue weighted by Crippen LogP contribution is -2.01. The molecule has 2 aromatic carbocycles. The molecule has 0 unspecified atom stereocenters. The van der Waals surface area contributed by atoms with Crippen LogP contribution in [0.25, 0.3) is 11.3 Å². The fraction of sp³-hybridized carbons (Fsp3) is 0.238. The van der Waals surface area contributed by atoms with Gasteiger partial charge in [-0.3, -0.25) is 5.43 Å². The highest BCUT2D eigenvalue weighted by Gasteiger charge is 2.10. The average Bonchev–Trinajstić information content (AvgIpc) is 3.25. The maximum absolute atomic E-state index is 5.36. The van der Waals surface area contributed by atoms with Gasteiger partial charge in [0, 0.05) is 16.5 Å². The van der Waals surface area contributed by atoms with E-state index < -0.39 is 0 Å². The zero-order valence-electron chi connectivity index (χ0n) is 17.0. The van der Waals surface area contributed by atoms with Gasteiger partial charge in [-0.1, -0.05) is 0 Å². The van der Waals surface area contributed by atoms with Crippen molar-refractivity contribution in [1.82, 2.24) is 4.98 Å². The minimum Gasteiger partial charge on any atom is -0.493 e. The smallest absolute Gasteiger partial charge is 0.203 e. The fourth-order valence-electron chi connectivity index (χ4n) is 2.71. The second kappa shape index (κ2) is 9.29. The van der Waals surface area contributed by atoms with E-state index in [2.05, 4.69) is 15.5 Å². The lowest BCUT2D eigenvalue weighted by molar-refractivity contribution is 0.355. The Morgan fingerprint density at radius 3 is 2.14 bits per heavy atom. The highest BCUT2D eigenvalue weighted by Crippen LogP contribution is 2.33. The molecule has 1 heterocycles. The molecule has 0 saturated heterocycles. The maximum atomic E-state index is 5.36. The number of methoxy groups -OCH3 is 4. The van der Waals surface area contributed by atoms with Crippen molar-refractivity contribution in [3.05, 3.63) is 47.3 Å². The molecule has 152 valence electrons. The van der Waals surface area contributed by atoms with Crippen LogP contribution in [0, 0.1) is 0 Å². The maximum Gasteiger partial charge on any atom is 0.203 e. The summed E-state index contributed by atoms with van der Waals surface area (Å²) in [5, 5.41) is 7.09. The van der Waals surface area contributed by atoms with Crippen molar-refractivity contribution in [2.24, 2.45) is 5.10 Å². The van der Waals surface area contributed by atoms with Crippen LogP contribution in [0.4, 0.5) is 5.13 Å². The number of hydrazone groups is 1. The van der Waals surface area contributed by atoms with E-state index in [-0.39, 0.29) is 0 Å². The van der Waals surface area contributed by atoms with Gasteiger partial charge in [0.1, 0.15) is 0 Å². The second-order valence-corrected chi connectivity index (χ2v) is 6.84. The molecular formula is C21H23N3O4S. The Balaban J connectivity index is 1.76. The highest BCUT2D eigenvalue weighted by atomic mass is 32.1. The first-order valence-corrected chi connectivity index (χ1v) is 9.68. The Kier molecular flexibility index (Phi) is 6.56. The summed E-state index contributed by atoms with van der Waals surface area (Å²) < 4.78 is 21.3. The summed E-state index contributed by atoms with van der Waals surface area (Å²) in [6.45, 7) is 1.91. The number of thiazole rings is 1. The lowest BCUT2D eigenvalue weighted by atomic mass is 10.1. The third kappa shape index (κ3) is 4.60. The van der Waals surface area contributed by atoms with E-state index in [9.17, 15) is 0 Å². The van der Waals surface area contributed by atoms with Crippen LogP contribution >= 0.6 is 11.3 Å². The van der Waals surface area contributed by atoms with Gasteiger partial charge in [0.25, 0.3) is 0 Å². The lowest BCUT2D eigenvalue weighted by Gasteiger charge is -2.09. The largest absolute Gasteiger partial charge is 0.493 e. The van der Waals surface area contributed by atoms with Crippen LogP contribution in [0.15, 0.2) is 46.9 Å². The topological polar surface area (TPSA) is 74.2 Å². The number of hydrogen-bond acceptors (Lipinski definition) is 8. The molecule has 0 aliphatic rings. The van der Waals surface area contributed by atoms with Crippen molar-refractivity contribution >= 4 is 22.2 Å². The summed E-state index contributed by atoms with van der Waals surface area (Å²) in [6.07, 6.45) is 0. The molecule has 7 nitrogen and oxygen atoms in total. The van der Waals surface area contributed by atoms with Crippen molar-refractivity contribution in [3.8, 4) is 34.3 Å². The molecule has 0 saturated carbocycles. The Morgan fingerprint density at radius 2 is 1.48 bits per heavy atom. The Morgan fingerprint density at radius 1 is 0.862 bits per heavy atom. The summed E-state index contributed by atoms with van der Waals surface area (Å²) in [7, 11) is 6.44. The van der Waals surface area contributed by atoms with Gasteiger partial charge < -0.3 is 18.9 Å². The zero-order chi connectivity index (χ0) is 20.8. The minimum atomic E-state index is 0.657. The van der Waals surface area contributed by atoms with Crippen LogP contribution in [-0.2, 0) is 0 Å². The highest BCUT2D eigenvalue weighted by molar-refractivity contribution is 7.14. The number of benzene rings is 2. The zero-order valence-corrected chi connectivity index (χ0v) is 17.8. The quantitative estimate of drug-likeness (QED) is 0.427. The van der Waals surface area contributed by atoms with Crippen molar-refractivity contribution < 1.29 is 18.9 Å². The molecule has 0 spiro atoms. The summed E-state index contributed by atoms with van der Waals surface area (Å²) in [4.78, 5) is 4.60. The molecule has 0 radical (unpaired) electrons. The molecule has 3 aromatic rings. The molecule has 29 heavy (non-hydrogen) atoms. The number of hydrogen-bond donors (Lipinski definition) is 1. The summed E-state index contributed by atoms with van der Waals surface area (Å²) in [5.74, 6) is 2.68. The number of rotatable bonds is 8. The molecular weight excluding hydrogens is 390 g/mol. The van der Waals surface area contributed by atoms with Crippen molar-refractivity contribution in [3.63, 3.8) is 0 Å². The third-order valence-electron chi connectivity index (χ3n) is 4.30. The first-order chi connectivity index (χ1) is 14.1. The summed E-state index contributed by atoms with van der Waals surface area (Å²) in [5.41, 5.74) is 6.51. The predicted molar refractivity (Wildman–Crippen MR) is 116 cm³/mol. The van der Waals surface area contributed by atoms with Gasteiger partial charge >= 0.3 is 0 Å². The van der Waals surface area contributed by atoms with E-state index in [4.69, 9.17) is 18.9 Å². The first kappa shape index (κ1) is 20.5. The molecule has 0 aliphatic carbocycles. The SMILES string of the molecule is COc1ccc(/C(C)=N/Nc2nc(-c3ccc(OC)c(OC)c3)cs2)cc1OC. The second-order valence-electron chi connectivity index (χ2n) is 5.99. The van der Waals surface area contributed by atoms with Gasteiger partial charge in [-0.05, 0) is 43.3 Å². The van der Waals surface area contributed by atoms with Crippen molar-refractivity contribution in [1.29, 1.82) is 0 Å².